The Morgan fingerprint density at radius 3 is 3.07 bits per heavy atom. The number of benzene rings is 1. The zero-order valence-corrected chi connectivity index (χ0v) is 7.47. The Hall–Kier alpha value is -2.04. The maximum Gasteiger partial charge on any atom is 0.511 e. The predicted molar refractivity (Wildman–Crippen MR) is 49.4 cm³/mol. The van der Waals surface area contributed by atoms with Crippen LogP contribution in [0.4, 0.5) is 4.79 Å². The summed E-state index contributed by atoms with van der Waals surface area (Å²) < 4.78 is 6.35. The van der Waals surface area contributed by atoms with E-state index in [9.17, 15) is 4.79 Å². The molecule has 0 saturated carbocycles. The van der Waals surface area contributed by atoms with Crippen LogP contribution in [0, 0.1) is 0 Å². The Balaban J connectivity index is 2.46. The van der Waals surface area contributed by atoms with Gasteiger partial charge in [0.2, 0.25) is 0 Å². The first kappa shape index (κ1) is 8.55. The van der Waals surface area contributed by atoms with Crippen LogP contribution in [0.25, 0.3) is 11.0 Å². The SMILES string of the molecule is Cn1cnc2cc(OC(=O)O)ccc21. The van der Waals surface area contributed by atoms with Crippen LogP contribution in [0.2, 0.25) is 0 Å². The summed E-state index contributed by atoms with van der Waals surface area (Å²) in [5, 5.41) is 8.40. The third kappa shape index (κ3) is 1.39. The van der Waals surface area contributed by atoms with E-state index in [1.807, 2.05) is 11.6 Å². The maximum atomic E-state index is 10.3. The van der Waals surface area contributed by atoms with Crippen molar-refractivity contribution in [3.05, 3.63) is 24.5 Å². The van der Waals surface area contributed by atoms with Gasteiger partial charge in [-0.2, -0.15) is 0 Å². The van der Waals surface area contributed by atoms with Crippen LogP contribution in [0.3, 0.4) is 0 Å². The zero-order chi connectivity index (χ0) is 10.1. The van der Waals surface area contributed by atoms with E-state index in [4.69, 9.17) is 5.11 Å². The van der Waals surface area contributed by atoms with Gasteiger partial charge in [0.15, 0.2) is 0 Å². The number of hydrogen-bond donors (Lipinski definition) is 1. The van der Waals surface area contributed by atoms with Gasteiger partial charge in [0, 0.05) is 13.1 Å². The average molecular weight is 192 g/mol. The van der Waals surface area contributed by atoms with Gasteiger partial charge < -0.3 is 14.4 Å². The van der Waals surface area contributed by atoms with Crippen molar-refractivity contribution in [3.8, 4) is 5.75 Å². The molecule has 1 N–H and O–H groups in total. The number of carboxylic acid groups (broad SMARTS) is 1. The Morgan fingerprint density at radius 2 is 2.36 bits per heavy atom. The lowest BCUT2D eigenvalue weighted by Crippen LogP contribution is -2.02. The molecule has 2 rings (SSSR count). The van der Waals surface area contributed by atoms with E-state index in [-0.39, 0.29) is 5.75 Å². The number of nitrogens with zero attached hydrogens (tertiary/aromatic N) is 2. The van der Waals surface area contributed by atoms with Gasteiger partial charge in [0.05, 0.1) is 17.4 Å². The lowest BCUT2D eigenvalue weighted by molar-refractivity contribution is 0.144. The van der Waals surface area contributed by atoms with Crippen LogP contribution < -0.4 is 4.74 Å². The van der Waals surface area contributed by atoms with Crippen LogP contribution in [0.15, 0.2) is 24.5 Å². The van der Waals surface area contributed by atoms with Gasteiger partial charge in [-0.05, 0) is 12.1 Å². The Bertz CT molecular complexity index is 490. The summed E-state index contributed by atoms with van der Waals surface area (Å²) >= 11 is 0. The summed E-state index contributed by atoms with van der Waals surface area (Å²) in [6.45, 7) is 0. The molecule has 5 nitrogen and oxygen atoms in total. The minimum atomic E-state index is -1.32. The van der Waals surface area contributed by atoms with Crippen molar-refractivity contribution < 1.29 is 14.6 Å². The van der Waals surface area contributed by atoms with Crippen LogP contribution >= 0.6 is 0 Å². The molecule has 0 saturated heterocycles. The minimum absolute atomic E-state index is 0.281. The van der Waals surface area contributed by atoms with Crippen molar-refractivity contribution in [2.45, 2.75) is 0 Å². The number of hydrogen-bond acceptors (Lipinski definition) is 3. The molecule has 0 bridgehead atoms. The Labute approximate surface area is 79.6 Å². The highest BCUT2D eigenvalue weighted by Gasteiger charge is 2.04. The van der Waals surface area contributed by atoms with Crippen molar-refractivity contribution in [1.29, 1.82) is 0 Å². The Kier molecular flexibility index (Phi) is 1.85. The zero-order valence-electron chi connectivity index (χ0n) is 7.47. The summed E-state index contributed by atoms with van der Waals surface area (Å²) in [6, 6.07) is 4.95. The molecule has 5 heteroatoms. The molecule has 2 aromatic rings. The molecule has 0 radical (unpaired) electrons. The smallest absolute Gasteiger partial charge is 0.449 e. The van der Waals surface area contributed by atoms with Gasteiger partial charge in [-0.15, -0.1) is 0 Å². The van der Waals surface area contributed by atoms with E-state index in [2.05, 4.69) is 9.72 Å². The standard InChI is InChI=1S/C9H8N2O3/c1-11-5-10-7-4-6(14-9(12)13)2-3-8(7)11/h2-5H,1H3,(H,12,13). The molecule has 0 unspecified atom stereocenters. The van der Waals surface area contributed by atoms with E-state index in [1.54, 1.807) is 24.5 Å². The number of aromatic nitrogens is 2. The van der Waals surface area contributed by atoms with Crippen LogP contribution in [-0.2, 0) is 7.05 Å². The van der Waals surface area contributed by atoms with Crippen molar-refractivity contribution >= 4 is 17.2 Å². The molecule has 1 aromatic heterocycles. The molecule has 14 heavy (non-hydrogen) atoms. The number of aryl methyl sites for hydroxylation is 1. The number of carbonyl (C=O) groups is 1. The fourth-order valence-electron chi connectivity index (χ4n) is 1.28. The summed E-state index contributed by atoms with van der Waals surface area (Å²) in [4.78, 5) is 14.3. The van der Waals surface area contributed by atoms with Crippen molar-refractivity contribution in [1.82, 2.24) is 9.55 Å². The van der Waals surface area contributed by atoms with Gasteiger partial charge >= 0.3 is 6.16 Å². The molecule has 1 aromatic carbocycles. The van der Waals surface area contributed by atoms with E-state index < -0.39 is 6.16 Å². The predicted octanol–water partition coefficient (Wildman–Crippen LogP) is 1.63. The third-order valence-corrected chi connectivity index (χ3v) is 1.90. The molecule has 0 fully saturated rings. The average Bonchev–Trinajstić information content (AvgIpc) is 2.46. The summed E-state index contributed by atoms with van der Waals surface area (Å²) in [5.74, 6) is 0.281. The van der Waals surface area contributed by atoms with Crippen LogP contribution in [0.1, 0.15) is 0 Å². The molecule has 0 aliphatic rings. The molecule has 0 aliphatic carbocycles. The molecule has 0 spiro atoms. The number of imidazole rings is 1. The Morgan fingerprint density at radius 1 is 1.57 bits per heavy atom. The van der Waals surface area contributed by atoms with Crippen LogP contribution in [-0.4, -0.2) is 20.8 Å². The first-order valence-corrected chi connectivity index (χ1v) is 3.98. The first-order chi connectivity index (χ1) is 6.66. The molecule has 72 valence electrons. The third-order valence-electron chi connectivity index (χ3n) is 1.90. The number of ether oxygens (including phenoxy) is 1. The summed E-state index contributed by atoms with van der Waals surface area (Å²) in [7, 11) is 1.87. The second-order valence-electron chi connectivity index (χ2n) is 2.87. The van der Waals surface area contributed by atoms with E-state index in [1.165, 1.54) is 0 Å². The van der Waals surface area contributed by atoms with Gasteiger partial charge in [-0.25, -0.2) is 9.78 Å². The number of fused-ring (bicyclic) bond motifs is 1. The maximum absolute atomic E-state index is 10.3. The molecule has 1 heterocycles. The van der Waals surface area contributed by atoms with Gasteiger partial charge in [0.1, 0.15) is 5.75 Å². The van der Waals surface area contributed by atoms with E-state index in [0.29, 0.717) is 5.52 Å². The second kappa shape index (κ2) is 3.02. The lowest BCUT2D eigenvalue weighted by Gasteiger charge is -1.99. The quantitative estimate of drug-likeness (QED) is 0.551. The van der Waals surface area contributed by atoms with Crippen molar-refractivity contribution in [2.75, 3.05) is 0 Å². The highest BCUT2D eigenvalue weighted by molar-refractivity contribution is 5.77. The summed E-state index contributed by atoms with van der Waals surface area (Å²) in [5.41, 5.74) is 1.65. The van der Waals surface area contributed by atoms with Gasteiger partial charge in [-0.1, -0.05) is 0 Å². The minimum Gasteiger partial charge on any atom is -0.449 e. The molecule has 0 amide bonds. The van der Waals surface area contributed by atoms with E-state index in [0.717, 1.165) is 5.52 Å². The topological polar surface area (TPSA) is 64.4 Å². The normalized spacial score (nSPS) is 10.4. The summed E-state index contributed by atoms with van der Waals surface area (Å²) in [6.07, 6.45) is 0.343. The fourth-order valence-corrected chi connectivity index (χ4v) is 1.28. The largest absolute Gasteiger partial charge is 0.511 e. The van der Waals surface area contributed by atoms with E-state index >= 15 is 0 Å². The molecular formula is C9H8N2O3. The lowest BCUT2D eigenvalue weighted by atomic mass is 10.3. The highest BCUT2D eigenvalue weighted by Crippen LogP contribution is 2.19. The van der Waals surface area contributed by atoms with Crippen molar-refractivity contribution in [3.63, 3.8) is 0 Å². The highest BCUT2D eigenvalue weighted by atomic mass is 16.7. The first-order valence-electron chi connectivity index (χ1n) is 3.98. The number of rotatable bonds is 1. The van der Waals surface area contributed by atoms with Gasteiger partial charge in [-0.3, -0.25) is 0 Å². The van der Waals surface area contributed by atoms with Crippen molar-refractivity contribution in [2.24, 2.45) is 7.05 Å². The second-order valence-corrected chi connectivity index (χ2v) is 2.87. The fraction of sp³-hybridized carbons (Fsp3) is 0.111. The van der Waals surface area contributed by atoms with Crippen LogP contribution in [0.5, 0.6) is 5.75 Å². The molecule has 0 aliphatic heterocycles. The van der Waals surface area contributed by atoms with Gasteiger partial charge in [0.25, 0.3) is 0 Å². The molecular weight excluding hydrogens is 184 g/mol. The monoisotopic (exact) mass is 192 g/mol. The molecule has 0 atom stereocenters.